The van der Waals surface area contributed by atoms with E-state index in [1.54, 1.807) is 6.20 Å². The van der Waals surface area contributed by atoms with Gasteiger partial charge in [-0.1, -0.05) is 18.2 Å². The van der Waals surface area contributed by atoms with Crippen LogP contribution in [0.1, 0.15) is 22.9 Å². The number of aliphatic hydroxyl groups excluding tert-OH is 1. The molecule has 1 atom stereocenters. The summed E-state index contributed by atoms with van der Waals surface area (Å²) < 4.78 is 1.86. The van der Waals surface area contributed by atoms with Crippen molar-refractivity contribution >= 4 is 0 Å². The molecule has 0 amide bonds. The van der Waals surface area contributed by atoms with Crippen molar-refractivity contribution < 1.29 is 5.11 Å². The van der Waals surface area contributed by atoms with Crippen molar-refractivity contribution in [2.75, 3.05) is 6.61 Å². The smallest absolute Gasteiger partial charge is 0.0677 e. The SMILES string of the molecule is Cc1ccccc1-n1ncc(C(N)CO)c1C. The Morgan fingerprint density at radius 1 is 1.35 bits per heavy atom. The Hall–Kier alpha value is -1.65. The fourth-order valence-electron chi connectivity index (χ4n) is 1.93. The van der Waals surface area contributed by atoms with Crippen LogP contribution in [-0.2, 0) is 0 Å². The molecule has 0 aliphatic rings. The molecule has 4 heteroatoms. The summed E-state index contributed by atoms with van der Waals surface area (Å²) in [5, 5.41) is 13.4. The largest absolute Gasteiger partial charge is 0.394 e. The van der Waals surface area contributed by atoms with Gasteiger partial charge in [0.2, 0.25) is 0 Å². The lowest BCUT2D eigenvalue weighted by Crippen LogP contribution is -2.15. The summed E-state index contributed by atoms with van der Waals surface area (Å²) in [4.78, 5) is 0. The lowest BCUT2D eigenvalue weighted by molar-refractivity contribution is 0.267. The third-order valence-corrected chi connectivity index (χ3v) is 2.99. The van der Waals surface area contributed by atoms with Gasteiger partial charge in [-0.2, -0.15) is 5.10 Å². The maximum absolute atomic E-state index is 9.09. The van der Waals surface area contributed by atoms with Crippen LogP contribution in [0.2, 0.25) is 0 Å². The van der Waals surface area contributed by atoms with Crippen LogP contribution in [-0.4, -0.2) is 21.5 Å². The number of hydrogen-bond donors (Lipinski definition) is 2. The first-order chi connectivity index (χ1) is 8.15. The minimum absolute atomic E-state index is 0.0691. The molecular weight excluding hydrogens is 214 g/mol. The number of aliphatic hydroxyl groups is 1. The Labute approximate surface area is 101 Å². The molecule has 3 N–H and O–H groups in total. The van der Waals surface area contributed by atoms with Crippen molar-refractivity contribution in [3.63, 3.8) is 0 Å². The third kappa shape index (κ3) is 2.09. The van der Waals surface area contributed by atoms with Gasteiger partial charge < -0.3 is 10.8 Å². The van der Waals surface area contributed by atoms with Crippen molar-refractivity contribution in [1.29, 1.82) is 0 Å². The summed E-state index contributed by atoms with van der Waals surface area (Å²) in [5.74, 6) is 0. The van der Waals surface area contributed by atoms with E-state index >= 15 is 0 Å². The molecular formula is C13H17N3O. The molecule has 0 bridgehead atoms. The van der Waals surface area contributed by atoms with E-state index in [0.29, 0.717) is 0 Å². The molecule has 0 spiro atoms. The van der Waals surface area contributed by atoms with Crippen LogP contribution in [0, 0.1) is 13.8 Å². The molecule has 0 saturated carbocycles. The van der Waals surface area contributed by atoms with Crippen LogP contribution in [0.3, 0.4) is 0 Å². The topological polar surface area (TPSA) is 64.1 Å². The van der Waals surface area contributed by atoms with Gasteiger partial charge in [-0.3, -0.25) is 0 Å². The number of nitrogens with zero attached hydrogens (tertiary/aromatic N) is 2. The van der Waals surface area contributed by atoms with Crippen molar-refractivity contribution in [1.82, 2.24) is 9.78 Å². The summed E-state index contributed by atoms with van der Waals surface area (Å²) in [5.41, 5.74) is 9.88. The fraction of sp³-hybridized carbons (Fsp3) is 0.308. The van der Waals surface area contributed by atoms with Crippen molar-refractivity contribution in [2.24, 2.45) is 5.73 Å². The molecule has 0 radical (unpaired) electrons. The van der Waals surface area contributed by atoms with Crippen LogP contribution in [0.25, 0.3) is 5.69 Å². The minimum atomic E-state index is -0.368. The van der Waals surface area contributed by atoms with Gasteiger partial charge in [0.05, 0.1) is 24.5 Å². The molecule has 90 valence electrons. The highest BCUT2D eigenvalue weighted by Gasteiger charge is 2.14. The maximum atomic E-state index is 9.09. The van der Waals surface area contributed by atoms with Crippen LogP contribution in [0.4, 0.5) is 0 Å². The van der Waals surface area contributed by atoms with Gasteiger partial charge in [0.25, 0.3) is 0 Å². The molecule has 4 nitrogen and oxygen atoms in total. The third-order valence-electron chi connectivity index (χ3n) is 2.99. The first kappa shape index (κ1) is 11.8. The summed E-state index contributed by atoms with van der Waals surface area (Å²) in [6.07, 6.45) is 1.72. The molecule has 1 aromatic heterocycles. The predicted molar refractivity (Wildman–Crippen MR) is 67.1 cm³/mol. The van der Waals surface area contributed by atoms with Crippen LogP contribution in [0.15, 0.2) is 30.5 Å². The molecule has 1 heterocycles. The maximum Gasteiger partial charge on any atom is 0.0677 e. The summed E-state index contributed by atoms with van der Waals surface area (Å²) >= 11 is 0. The van der Waals surface area contributed by atoms with Gasteiger partial charge in [-0.05, 0) is 25.5 Å². The Balaban J connectivity index is 2.48. The Kier molecular flexibility index (Phi) is 3.26. The van der Waals surface area contributed by atoms with E-state index in [1.807, 2.05) is 42.8 Å². The van der Waals surface area contributed by atoms with Crippen molar-refractivity contribution in [3.8, 4) is 5.69 Å². The van der Waals surface area contributed by atoms with Crippen molar-refractivity contribution in [2.45, 2.75) is 19.9 Å². The van der Waals surface area contributed by atoms with E-state index in [4.69, 9.17) is 10.8 Å². The number of nitrogens with two attached hydrogens (primary N) is 1. The van der Waals surface area contributed by atoms with Crippen molar-refractivity contribution in [3.05, 3.63) is 47.3 Å². The predicted octanol–water partition coefficient (Wildman–Crippen LogP) is 1.48. The molecule has 0 aliphatic carbocycles. The molecule has 1 aromatic carbocycles. The molecule has 0 fully saturated rings. The Morgan fingerprint density at radius 3 is 2.71 bits per heavy atom. The van der Waals surface area contributed by atoms with E-state index in [0.717, 1.165) is 22.5 Å². The lowest BCUT2D eigenvalue weighted by atomic mass is 10.1. The number of para-hydroxylation sites is 1. The average molecular weight is 231 g/mol. The molecule has 0 saturated heterocycles. The number of aryl methyl sites for hydroxylation is 1. The zero-order valence-corrected chi connectivity index (χ0v) is 10.1. The van der Waals surface area contributed by atoms with Crippen LogP contribution >= 0.6 is 0 Å². The van der Waals surface area contributed by atoms with Gasteiger partial charge in [-0.15, -0.1) is 0 Å². The van der Waals surface area contributed by atoms with Gasteiger partial charge in [0, 0.05) is 11.3 Å². The van der Waals surface area contributed by atoms with Crippen LogP contribution < -0.4 is 5.73 Å². The Bertz CT molecular complexity index is 519. The normalized spacial score (nSPS) is 12.7. The molecule has 2 rings (SSSR count). The first-order valence-electron chi connectivity index (χ1n) is 5.62. The van der Waals surface area contributed by atoms with Gasteiger partial charge in [0.15, 0.2) is 0 Å². The highest BCUT2D eigenvalue weighted by Crippen LogP contribution is 2.20. The minimum Gasteiger partial charge on any atom is -0.394 e. The van der Waals surface area contributed by atoms with Gasteiger partial charge in [-0.25, -0.2) is 4.68 Å². The highest BCUT2D eigenvalue weighted by molar-refractivity contribution is 5.42. The van der Waals surface area contributed by atoms with E-state index in [-0.39, 0.29) is 12.6 Å². The van der Waals surface area contributed by atoms with Crippen LogP contribution in [0.5, 0.6) is 0 Å². The zero-order chi connectivity index (χ0) is 12.4. The van der Waals surface area contributed by atoms with E-state index in [2.05, 4.69) is 5.10 Å². The van der Waals surface area contributed by atoms with Gasteiger partial charge >= 0.3 is 0 Å². The highest BCUT2D eigenvalue weighted by atomic mass is 16.3. The summed E-state index contributed by atoms with van der Waals surface area (Å²) in [7, 11) is 0. The molecule has 2 aromatic rings. The van der Waals surface area contributed by atoms with E-state index in [1.165, 1.54) is 0 Å². The zero-order valence-electron chi connectivity index (χ0n) is 10.1. The quantitative estimate of drug-likeness (QED) is 0.841. The first-order valence-corrected chi connectivity index (χ1v) is 5.62. The second-order valence-corrected chi connectivity index (χ2v) is 4.17. The van der Waals surface area contributed by atoms with E-state index < -0.39 is 0 Å². The fourth-order valence-corrected chi connectivity index (χ4v) is 1.93. The monoisotopic (exact) mass is 231 g/mol. The summed E-state index contributed by atoms with van der Waals surface area (Å²) in [6, 6.07) is 7.67. The number of benzene rings is 1. The molecule has 17 heavy (non-hydrogen) atoms. The Morgan fingerprint density at radius 2 is 2.06 bits per heavy atom. The second-order valence-electron chi connectivity index (χ2n) is 4.17. The second kappa shape index (κ2) is 4.69. The number of aromatic nitrogens is 2. The molecule has 0 aliphatic heterocycles. The van der Waals surface area contributed by atoms with E-state index in [9.17, 15) is 0 Å². The van der Waals surface area contributed by atoms with Gasteiger partial charge in [0.1, 0.15) is 0 Å². The average Bonchev–Trinajstić information content (AvgIpc) is 2.71. The standard InChI is InChI=1S/C13H17N3O/c1-9-5-3-4-6-13(9)16-10(2)11(7-15-16)12(14)8-17/h3-7,12,17H,8,14H2,1-2H3. The summed E-state index contributed by atoms with van der Waals surface area (Å²) in [6.45, 7) is 3.94. The lowest BCUT2D eigenvalue weighted by Gasteiger charge is -2.10. The number of rotatable bonds is 3. The number of hydrogen-bond acceptors (Lipinski definition) is 3. The molecule has 1 unspecified atom stereocenters.